The average Bonchev–Trinajstić information content (AvgIpc) is 2.93. The summed E-state index contributed by atoms with van der Waals surface area (Å²) in [5, 5.41) is 8.84. The van der Waals surface area contributed by atoms with Crippen LogP contribution in [0.25, 0.3) is 0 Å². The van der Waals surface area contributed by atoms with Gasteiger partial charge in [0.25, 0.3) is 0 Å². The third kappa shape index (κ3) is 2.63. The highest BCUT2D eigenvalue weighted by Crippen LogP contribution is 2.41. The molecule has 2 amide bonds. The molecule has 0 aromatic heterocycles. The Hall–Kier alpha value is -1.59. The van der Waals surface area contributed by atoms with Crippen LogP contribution in [0.4, 0.5) is 0 Å². The van der Waals surface area contributed by atoms with Gasteiger partial charge in [-0.05, 0) is 19.3 Å². The zero-order valence-corrected chi connectivity index (χ0v) is 10.2. The van der Waals surface area contributed by atoms with Crippen molar-refractivity contribution in [2.75, 3.05) is 6.54 Å². The van der Waals surface area contributed by atoms with E-state index in [1.54, 1.807) is 0 Å². The summed E-state index contributed by atoms with van der Waals surface area (Å²) < 4.78 is 0. The maximum atomic E-state index is 12.2. The highest BCUT2D eigenvalue weighted by molar-refractivity contribution is 5.91. The highest BCUT2D eigenvalue weighted by Gasteiger charge is 2.50. The van der Waals surface area contributed by atoms with E-state index in [1.165, 1.54) is 4.90 Å². The number of rotatable bonds is 5. The Balaban J connectivity index is 2.02. The molecule has 100 valence electrons. The minimum Gasteiger partial charge on any atom is -0.481 e. The summed E-state index contributed by atoms with van der Waals surface area (Å²) in [6, 6.07) is 0.0556. The zero-order chi connectivity index (χ0) is 13.3. The lowest BCUT2D eigenvalue weighted by Crippen LogP contribution is -2.45. The van der Waals surface area contributed by atoms with E-state index in [2.05, 4.69) is 0 Å². The predicted octanol–water partition coefficient (Wildman–Crippen LogP) is -0.0364. The lowest BCUT2D eigenvalue weighted by molar-refractivity contribution is -0.143. The van der Waals surface area contributed by atoms with Crippen molar-refractivity contribution in [3.8, 4) is 0 Å². The van der Waals surface area contributed by atoms with Crippen molar-refractivity contribution in [2.45, 2.75) is 38.1 Å². The smallest absolute Gasteiger partial charge is 0.307 e. The van der Waals surface area contributed by atoms with Gasteiger partial charge in [-0.2, -0.15) is 0 Å². The second-order valence-corrected chi connectivity index (χ2v) is 5.16. The standard InChI is InChI=1S/C12H18N2O4/c13-10(15)6-14(7-3-1-2-4-7)11(16)8-5-9(8)12(17)18/h7-9H,1-6H2,(H2,13,15)(H,17,18)/t8-,9+/m1/s1. The number of hydrogen-bond donors (Lipinski definition) is 2. The topological polar surface area (TPSA) is 101 Å². The molecule has 3 N–H and O–H groups in total. The Morgan fingerprint density at radius 3 is 2.22 bits per heavy atom. The normalized spacial score (nSPS) is 26.9. The number of amides is 2. The Kier molecular flexibility index (Phi) is 3.54. The van der Waals surface area contributed by atoms with Crippen molar-refractivity contribution in [3.05, 3.63) is 0 Å². The Labute approximate surface area is 105 Å². The third-order valence-electron chi connectivity index (χ3n) is 3.80. The van der Waals surface area contributed by atoms with Crippen molar-refractivity contribution in [1.29, 1.82) is 0 Å². The van der Waals surface area contributed by atoms with Crippen molar-refractivity contribution >= 4 is 17.8 Å². The molecule has 2 atom stereocenters. The fourth-order valence-corrected chi connectivity index (χ4v) is 2.72. The lowest BCUT2D eigenvalue weighted by Gasteiger charge is -2.28. The van der Waals surface area contributed by atoms with Crippen LogP contribution in [0.3, 0.4) is 0 Å². The number of carboxylic acids is 1. The monoisotopic (exact) mass is 254 g/mol. The van der Waals surface area contributed by atoms with Gasteiger partial charge in [0.05, 0.1) is 18.4 Å². The van der Waals surface area contributed by atoms with Crippen molar-refractivity contribution < 1.29 is 19.5 Å². The van der Waals surface area contributed by atoms with E-state index in [9.17, 15) is 14.4 Å². The molecule has 0 saturated heterocycles. The number of hydrogen-bond acceptors (Lipinski definition) is 3. The quantitative estimate of drug-likeness (QED) is 0.719. The largest absolute Gasteiger partial charge is 0.481 e. The number of aliphatic carboxylic acids is 1. The molecule has 18 heavy (non-hydrogen) atoms. The number of nitrogens with two attached hydrogens (primary N) is 1. The first-order chi connectivity index (χ1) is 8.50. The summed E-state index contributed by atoms with van der Waals surface area (Å²) in [5.41, 5.74) is 5.16. The molecule has 0 heterocycles. The Morgan fingerprint density at radius 1 is 1.17 bits per heavy atom. The SMILES string of the molecule is NC(=O)CN(C(=O)[C@@H]1C[C@@H]1C(=O)O)C1CCCC1. The van der Waals surface area contributed by atoms with Gasteiger partial charge in [-0.25, -0.2) is 0 Å². The number of nitrogens with zero attached hydrogens (tertiary/aromatic N) is 1. The molecule has 2 saturated carbocycles. The zero-order valence-electron chi connectivity index (χ0n) is 10.2. The molecule has 0 aromatic rings. The van der Waals surface area contributed by atoms with E-state index in [4.69, 9.17) is 10.8 Å². The van der Waals surface area contributed by atoms with Gasteiger partial charge in [-0.1, -0.05) is 12.8 Å². The fraction of sp³-hybridized carbons (Fsp3) is 0.750. The average molecular weight is 254 g/mol. The molecule has 0 aliphatic heterocycles. The van der Waals surface area contributed by atoms with Gasteiger partial charge in [0.1, 0.15) is 0 Å². The first-order valence-electron chi connectivity index (χ1n) is 6.32. The van der Waals surface area contributed by atoms with Gasteiger partial charge in [-0.3, -0.25) is 14.4 Å². The molecule has 0 aromatic carbocycles. The molecular weight excluding hydrogens is 236 g/mol. The van der Waals surface area contributed by atoms with Gasteiger partial charge >= 0.3 is 5.97 Å². The molecule has 6 nitrogen and oxygen atoms in total. The van der Waals surface area contributed by atoms with Crippen LogP contribution in [-0.2, 0) is 14.4 Å². The lowest BCUT2D eigenvalue weighted by atomic mass is 10.1. The summed E-state index contributed by atoms with van der Waals surface area (Å²) in [6.07, 6.45) is 4.23. The van der Waals surface area contributed by atoms with Crippen LogP contribution in [0.15, 0.2) is 0 Å². The maximum absolute atomic E-state index is 12.2. The number of primary amides is 1. The molecule has 2 aliphatic rings. The van der Waals surface area contributed by atoms with Crippen LogP contribution in [-0.4, -0.2) is 40.4 Å². The second kappa shape index (κ2) is 4.96. The molecule has 2 fully saturated rings. The molecule has 0 bridgehead atoms. The Bertz CT molecular complexity index is 376. The number of carboxylic acid groups (broad SMARTS) is 1. The van der Waals surface area contributed by atoms with E-state index >= 15 is 0 Å². The third-order valence-corrected chi connectivity index (χ3v) is 3.80. The summed E-state index contributed by atoms with van der Waals surface area (Å²) in [6.45, 7) is -0.0909. The van der Waals surface area contributed by atoms with E-state index in [0.717, 1.165) is 25.7 Å². The van der Waals surface area contributed by atoms with Gasteiger partial charge < -0.3 is 15.7 Å². The molecule has 2 aliphatic carbocycles. The number of carbonyl (C=O) groups excluding carboxylic acids is 2. The van der Waals surface area contributed by atoms with Gasteiger partial charge in [0.2, 0.25) is 11.8 Å². The van der Waals surface area contributed by atoms with Gasteiger partial charge in [-0.15, -0.1) is 0 Å². The summed E-state index contributed by atoms with van der Waals surface area (Å²) >= 11 is 0. The van der Waals surface area contributed by atoms with E-state index < -0.39 is 23.7 Å². The van der Waals surface area contributed by atoms with Gasteiger partial charge in [0, 0.05) is 6.04 Å². The summed E-state index contributed by atoms with van der Waals surface area (Å²) in [4.78, 5) is 35.5. The molecule has 0 radical (unpaired) electrons. The minimum atomic E-state index is -0.932. The summed E-state index contributed by atoms with van der Waals surface area (Å²) in [5.74, 6) is -2.72. The molecule has 0 spiro atoms. The number of carbonyl (C=O) groups is 3. The van der Waals surface area contributed by atoms with E-state index in [-0.39, 0.29) is 18.5 Å². The van der Waals surface area contributed by atoms with Crippen LogP contribution >= 0.6 is 0 Å². The molecule has 2 rings (SSSR count). The van der Waals surface area contributed by atoms with Crippen LogP contribution < -0.4 is 5.73 Å². The van der Waals surface area contributed by atoms with Crippen molar-refractivity contribution in [3.63, 3.8) is 0 Å². The molecule has 0 unspecified atom stereocenters. The van der Waals surface area contributed by atoms with Gasteiger partial charge in [0.15, 0.2) is 0 Å². The molecule has 6 heteroatoms. The van der Waals surface area contributed by atoms with Crippen LogP contribution in [0.2, 0.25) is 0 Å². The van der Waals surface area contributed by atoms with Crippen molar-refractivity contribution in [1.82, 2.24) is 4.90 Å². The Morgan fingerprint density at radius 2 is 1.78 bits per heavy atom. The molecular formula is C12H18N2O4. The first-order valence-corrected chi connectivity index (χ1v) is 6.32. The highest BCUT2D eigenvalue weighted by atomic mass is 16.4. The second-order valence-electron chi connectivity index (χ2n) is 5.16. The van der Waals surface area contributed by atoms with E-state index in [0.29, 0.717) is 6.42 Å². The first kappa shape index (κ1) is 12.9. The summed E-state index contributed by atoms with van der Waals surface area (Å²) in [7, 11) is 0. The minimum absolute atomic E-state index is 0.0556. The van der Waals surface area contributed by atoms with Crippen molar-refractivity contribution in [2.24, 2.45) is 17.6 Å². The van der Waals surface area contributed by atoms with Crippen LogP contribution in [0.1, 0.15) is 32.1 Å². The van der Waals surface area contributed by atoms with Crippen LogP contribution in [0, 0.1) is 11.8 Å². The fourth-order valence-electron chi connectivity index (χ4n) is 2.72. The van der Waals surface area contributed by atoms with Crippen LogP contribution in [0.5, 0.6) is 0 Å². The maximum Gasteiger partial charge on any atom is 0.307 e. The predicted molar refractivity (Wildman–Crippen MR) is 62.4 cm³/mol. The van der Waals surface area contributed by atoms with E-state index in [1.807, 2.05) is 0 Å².